The Bertz CT molecular complexity index is 450. The molecule has 0 spiro atoms. The minimum absolute atomic E-state index is 0.231. The number of carbonyl (C=O) groups is 1. The molecule has 1 fully saturated rings. The van der Waals surface area contributed by atoms with Gasteiger partial charge < -0.3 is 9.64 Å². The molecule has 0 aromatic heterocycles. The maximum absolute atomic E-state index is 12.9. The standard InChI is InChI=1S/C15H20FNO2/c1-15(2,3)19-14(18)17-9-8-12(10-17)11-4-6-13(16)7-5-11/h4-7,12H,8-10H2,1-3H3/t12-/m1/s1. The fraction of sp³-hybridized carbons (Fsp3) is 0.533. The van der Waals surface area contributed by atoms with Crippen molar-refractivity contribution in [2.75, 3.05) is 13.1 Å². The molecule has 1 aromatic rings. The van der Waals surface area contributed by atoms with Gasteiger partial charge in [0.1, 0.15) is 11.4 Å². The van der Waals surface area contributed by atoms with E-state index in [0.29, 0.717) is 13.1 Å². The lowest BCUT2D eigenvalue weighted by atomic mass is 9.99. The topological polar surface area (TPSA) is 29.5 Å². The Morgan fingerprint density at radius 2 is 1.95 bits per heavy atom. The first-order valence-corrected chi connectivity index (χ1v) is 6.58. The molecule has 0 radical (unpaired) electrons. The molecule has 0 N–H and O–H groups in total. The monoisotopic (exact) mass is 265 g/mol. The Morgan fingerprint density at radius 3 is 2.53 bits per heavy atom. The number of amides is 1. The number of rotatable bonds is 1. The van der Waals surface area contributed by atoms with Crippen molar-refractivity contribution in [3.8, 4) is 0 Å². The van der Waals surface area contributed by atoms with Crippen molar-refractivity contribution < 1.29 is 13.9 Å². The lowest BCUT2D eigenvalue weighted by Crippen LogP contribution is -2.35. The first-order valence-electron chi connectivity index (χ1n) is 6.58. The fourth-order valence-electron chi connectivity index (χ4n) is 2.26. The van der Waals surface area contributed by atoms with Gasteiger partial charge in [-0.25, -0.2) is 9.18 Å². The molecule has 19 heavy (non-hydrogen) atoms. The molecular weight excluding hydrogens is 245 g/mol. The summed E-state index contributed by atoms with van der Waals surface area (Å²) in [5, 5.41) is 0. The third kappa shape index (κ3) is 3.69. The van der Waals surface area contributed by atoms with E-state index in [1.165, 1.54) is 12.1 Å². The van der Waals surface area contributed by atoms with E-state index in [1.54, 1.807) is 17.0 Å². The van der Waals surface area contributed by atoms with Crippen LogP contribution in [0.5, 0.6) is 0 Å². The van der Waals surface area contributed by atoms with Crippen molar-refractivity contribution in [1.29, 1.82) is 0 Å². The number of nitrogens with zero attached hydrogens (tertiary/aromatic N) is 1. The lowest BCUT2D eigenvalue weighted by molar-refractivity contribution is 0.0292. The molecule has 4 heteroatoms. The second-order valence-corrected chi connectivity index (χ2v) is 5.96. The predicted molar refractivity (Wildman–Crippen MR) is 71.6 cm³/mol. The number of hydrogen-bond donors (Lipinski definition) is 0. The normalized spacial score (nSPS) is 19.6. The van der Waals surface area contributed by atoms with Gasteiger partial charge in [0.15, 0.2) is 0 Å². The second-order valence-electron chi connectivity index (χ2n) is 5.96. The molecule has 2 rings (SSSR count). The zero-order valence-electron chi connectivity index (χ0n) is 11.6. The maximum atomic E-state index is 12.9. The van der Waals surface area contributed by atoms with Crippen molar-refractivity contribution in [3.63, 3.8) is 0 Å². The number of halogens is 1. The van der Waals surface area contributed by atoms with Crippen LogP contribution in [0.1, 0.15) is 38.7 Å². The van der Waals surface area contributed by atoms with E-state index < -0.39 is 5.60 Å². The van der Waals surface area contributed by atoms with E-state index >= 15 is 0 Å². The highest BCUT2D eigenvalue weighted by molar-refractivity contribution is 5.68. The van der Waals surface area contributed by atoms with Crippen LogP contribution in [-0.2, 0) is 4.74 Å². The molecule has 1 saturated heterocycles. The van der Waals surface area contributed by atoms with Gasteiger partial charge in [0, 0.05) is 19.0 Å². The SMILES string of the molecule is CC(C)(C)OC(=O)N1CC[C@@H](c2ccc(F)cc2)C1. The van der Waals surface area contributed by atoms with E-state index in [1.807, 2.05) is 20.8 Å². The Kier molecular flexibility index (Phi) is 3.78. The van der Waals surface area contributed by atoms with E-state index in [4.69, 9.17) is 4.74 Å². The van der Waals surface area contributed by atoms with Gasteiger partial charge >= 0.3 is 6.09 Å². The van der Waals surface area contributed by atoms with Crippen molar-refractivity contribution >= 4 is 6.09 Å². The summed E-state index contributed by atoms with van der Waals surface area (Å²) in [6.45, 7) is 6.91. The quantitative estimate of drug-likeness (QED) is 0.777. The zero-order chi connectivity index (χ0) is 14.0. The van der Waals surface area contributed by atoms with Crippen LogP contribution < -0.4 is 0 Å². The second kappa shape index (κ2) is 5.19. The molecular formula is C15H20FNO2. The van der Waals surface area contributed by atoms with Crippen LogP contribution in [0.4, 0.5) is 9.18 Å². The average molecular weight is 265 g/mol. The van der Waals surface area contributed by atoms with Crippen LogP contribution in [0.25, 0.3) is 0 Å². The summed E-state index contributed by atoms with van der Waals surface area (Å²) in [4.78, 5) is 13.7. The zero-order valence-corrected chi connectivity index (χ0v) is 11.6. The average Bonchev–Trinajstić information content (AvgIpc) is 2.77. The van der Waals surface area contributed by atoms with E-state index in [0.717, 1.165) is 12.0 Å². The predicted octanol–water partition coefficient (Wildman–Crippen LogP) is 3.55. The molecule has 104 valence electrons. The number of benzene rings is 1. The Balaban J connectivity index is 1.96. The minimum Gasteiger partial charge on any atom is -0.444 e. The highest BCUT2D eigenvalue weighted by Gasteiger charge is 2.30. The summed E-state index contributed by atoms with van der Waals surface area (Å²) in [5.41, 5.74) is 0.609. The van der Waals surface area contributed by atoms with Crippen molar-refractivity contribution in [2.24, 2.45) is 0 Å². The van der Waals surface area contributed by atoms with Crippen LogP contribution in [0.2, 0.25) is 0 Å². The number of likely N-dealkylation sites (tertiary alicyclic amines) is 1. The molecule has 1 amide bonds. The third-order valence-corrected chi connectivity index (χ3v) is 3.18. The summed E-state index contributed by atoms with van der Waals surface area (Å²) < 4.78 is 18.2. The van der Waals surface area contributed by atoms with E-state index in [9.17, 15) is 9.18 Å². The van der Waals surface area contributed by atoms with Crippen molar-refractivity contribution in [3.05, 3.63) is 35.6 Å². The molecule has 0 aliphatic carbocycles. The fourth-order valence-corrected chi connectivity index (χ4v) is 2.26. The van der Waals surface area contributed by atoms with Gasteiger partial charge in [-0.15, -0.1) is 0 Å². The van der Waals surface area contributed by atoms with Gasteiger partial charge in [0.05, 0.1) is 0 Å². The summed E-state index contributed by atoms with van der Waals surface area (Å²) in [7, 11) is 0. The molecule has 1 aliphatic heterocycles. The van der Waals surface area contributed by atoms with Crippen LogP contribution in [0, 0.1) is 5.82 Å². The smallest absolute Gasteiger partial charge is 0.410 e. The first-order chi connectivity index (χ1) is 8.85. The summed E-state index contributed by atoms with van der Waals surface area (Å²) >= 11 is 0. The Hall–Kier alpha value is -1.58. The Morgan fingerprint density at radius 1 is 1.32 bits per heavy atom. The number of ether oxygens (including phenoxy) is 1. The third-order valence-electron chi connectivity index (χ3n) is 3.18. The Labute approximate surface area is 113 Å². The molecule has 1 heterocycles. The first kappa shape index (κ1) is 13.8. The summed E-state index contributed by atoms with van der Waals surface area (Å²) in [5.74, 6) is 0.0406. The number of carbonyl (C=O) groups excluding carboxylic acids is 1. The van der Waals surface area contributed by atoms with Gasteiger partial charge in [-0.2, -0.15) is 0 Å². The van der Waals surface area contributed by atoms with Crippen LogP contribution in [0.15, 0.2) is 24.3 Å². The molecule has 1 aromatic carbocycles. The maximum Gasteiger partial charge on any atom is 0.410 e. The highest BCUT2D eigenvalue weighted by Crippen LogP contribution is 2.28. The largest absolute Gasteiger partial charge is 0.444 e. The summed E-state index contributed by atoms with van der Waals surface area (Å²) in [6, 6.07) is 6.51. The van der Waals surface area contributed by atoms with Gasteiger partial charge in [-0.3, -0.25) is 0 Å². The summed E-state index contributed by atoms with van der Waals surface area (Å²) in [6.07, 6.45) is 0.627. The molecule has 0 unspecified atom stereocenters. The number of hydrogen-bond acceptors (Lipinski definition) is 2. The highest BCUT2D eigenvalue weighted by atomic mass is 19.1. The van der Waals surface area contributed by atoms with Crippen LogP contribution in [0.3, 0.4) is 0 Å². The molecule has 3 nitrogen and oxygen atoms in total. The van der Waals surface area contributed by atoms with E-state index in [2.05, 4.69) is 0 Å². The molecule has 1 aliphatic rings. The molecule has 0 bridgehead atoms. The van der Waals surface area contributed by atoms with Gasteiger partial charge in [0.2, 0.25) is 0 Å². The van der Waals surface area contributed by atoms with Crippen molar-refractivity contribution in [2.45, 2.75) is 38.7 Å². The van der Waals surface area contributed by atoms with Gasteiger partial charge in [-0.1, -0.05) is 12.1 Å². The molecule has 0 saturated carbocycles. The van der Waals surface area contributed by atoms with E-state index in [-0.39, 0.29) is 17.8 Å². The molecule has 1 atom stereocenters. The van der Waals surface area contributed by atoms with Crippen molar-refractivity contribution in [1.82, 2.24) is 4.90 Å². The van der Waals surface area contributed by atoms with Crippen LogP contribution in [-0.4, -0.2) is 29.7 Å². The van der Waals surface area contributed by atoms with Crippen LogP contribution >= 0.6 is 0 Å². The lowest BCUT2D eigenvalue weighted by Gasteiger charge is -2.24. The minimum atomic E-state index is -0.467. The van der Waals surface area contributed by atoms with Gasteiger partial charge in [0.25, 0.3) is 0 Å². The van der Waals surface area contributed by atoms with Gasteiger partial charge in [-0.05, 0) is 44.9 Å².